The van der Waals surface area contributed by atoms with Gasteiger partial charge in [-0.05, 0) is 30.3 Å². The van der Waals surface area contributed by atoms with Crippen molar-refractivity contribution in [3.05, 3.63) is 54.7 Å². The third-order valence-corrected chi connectivity index (χ3v) is 5.13. The lowest BCUT2D eigenvalue weighted by molar-refractivity contribution is 0.593. The lowest BCUT2D eigenvalue weighted by Crippen LogP contribution is -2.12. The summed E-state index contributed by atoms with van der Waals surface area (Å²) in [4.78, 5) is 19.0. The lowest BCUT2D eigenvalue weighted by Gasteiger charge is -2.12. The molecule has 0 saturated carbocycles. The largest absolute Gasteiger partial charge is 0.360 e. The zero-order chi connectivity index (χ0) is 20.8. The van der Waals surface area contributed by atoms with Gasteiger partial charge in [0.25, 0.3) is 0 Å². The molecule has 0 atom stereocenters. The first-order valence-corrected chi connectivity index (χ1v) is 10.5. The minimum absolute atomic E-state index is 0.281. The van der Waals surface area contributed by atoms with Crippen molar-refractivity contribution in [1.82, 2.24) is 24.3 Å². The fourth-order valence-corrected chi connectivity index (χ4v) is 3.50. The number of hydrogen-bond donors (Lipinski definition) is 0. The Morgan fingerprint density at radius 2 is 1.72 bits per heavy atom. The number of anilines is 1. The quantitative estimate of drug-likeness (QED) is 0.475. The molecule has 0 fully saturated rings. The van der Waals surface area contributed by atoms with E-state index in [0.717, 1.165) is 6.26 Å². The number of aromatic nitrogens is 5. The molecule has 0 aliphatic heterocycles. The van der Waals surface area contributed by atoms with Crippen molar-refractivity contribution in [2.24, 2.45) is 0 Å². The molecule has 0 aliphatic carbocycles. The highest BCUT2D eigenvalue weighted by Crippen LogP contribution is 2.34. The Morgan fingerprint density at radius 1 is 1.00 bits per heavy atom. The third-order valence-electron chi connectivity index (χ3n) is 4.27. The van der Waals surface area contributed by atoms with Crippen LogP contribution in [0.4, 0.5) is 10.2 Å². The molecule has 148 valence electrons. The van der Waals surface area contributed by atoms with Crippen molar-refractivity contribution in [2.75, 3.05) is 25.3 Å². The Labute approximate surface area is 166 Å². The predicted molar refractivity (Wildman–Crippen MR) is 107 cm³/mol. The van der Waals surface area contributed by atoms with Gasteiger partial charge in [-0.15, -0.1) is 0 Å². The van der Waals surface area contributed by atoms with Gasteiger partial charge in [-0.2, -0.15) is 0 Å². The topological polar surface area (TPSA) is 93.4 Å². The van der Waals surface area contributed by atoms with Gasteiger partial charge in [-0.3, -0.25) is 4.40 Å². The molecule has 3 heterocycles. The number of halogens is 1. The van der Waals surface area contributed by atoms with E-state index in [2.05, 4.69) is 15.0 Å². The van der Waals surface area contributed by atoms with Crippen LogP contribution in [0.25, 0.3) is 28.3 Å². The van der Waals surface area contributed by atoms with E-state index in [1.165, 1.54) is 18.3 Å². The van der Waals surface area contributed by atoms with Crippen LogP contribution in [-0.4, -0.2) is 53.1 Å². The van der Waals surface area contributed by atoms with Gasteiger partial charge in [0.2, 0.25) is 15.0 Å². The Kier molecular flexibility index (Phi) is 4.50. The van der Waals surface area contributed by atoms with Crippen molar-refractivity contribution in [3.63, 3.8) is 0 Å². The van der Waals surface area contributed by atoms with Gasteiger partial charge in [0.15, 0.2) is 11.5 Å². The molecule has 0 aliphatic rings. The van der Waals surface area contributed by atoms with Crippen LogP contribution in [0, 0.1) is 5.82 Å². The second kappa shape index (κ2) is 6.89. The molecule has 0 unspecified atom stereocenters. The number of nitrogens with zero attached hydrogens (tertiary/aromatic N) is 6. The zero-order valence-corrected chi connectivity index (χ0v) is 16.7. The summed E-state index contributed by atoms with van der Waals surface area (Å²) in [5, 5.41) is -0.281. The zero-order valence-electron chi connectivity index (χ0n) is 15.9. The SMILES string of the molecule is CN(C)c1nccn2c(-c3ccnc(S(C)(=O)=O)n3)c(-c3ccc(F)cc3)nc12. The second-order valence-electron chi connectivity index (χ2n) is 6.65. The minimum Gasteiger partial charge on any atom is -0.360 e. The van der Waals surface area contributed by atoms with Crippen LogP contribution in [-0.2, 0) is 9.84 Å². The molecular formula is C19H17FN6O2S. The predicted octanol–water partition coefficient (Wildman–Crippen LogP) is 2.46. The Hall–Kier alpha value is -3.40. The van der Waals surface area contributed by atoms with Crippen LogP contribution in [0.5, 0.6) is 0 Å². The maximum absolute atomic E-state index is 13.5. The van der Waals surface area contributed by atoms with Gasteiger partial charge in [0, 0.05) is 44.5 Å². The normalized spacial score (nSPS) is 11.7. The first-order valence-electron chi connectivity index (χ1n) is 8.59. The van der Waals surface area contributed by atoms with Crippen LogP contribution < -0.4 is 4.90 Å². The van der Waals surface area contributed by atoms with E-state index < -0.39 is 9.84 Å². The van der Waals surface area contributed by atoms with Crippen LogP contribution in [0.15, 0.2) is 54.1 Å². The average molecular weight is 412 g/mol. The number of hydrogen-bond acceptors (Lipinski definition) is 7. The molecule has 4 aromatic rings. The van der Waals surface area contributed by atoms with E-state index in [1.54, 1.807) is 35.0 Å². The highest BCUT2D eigenvalue weighted by atomic mass is 32.2. The number of sulfone groups is 1. The molecule has 0 N–H and O–H groups in total. The first kappa shape index (κ1) is 18.9. The van der Waals surface area contributed by atoms with Crippen LogP contribution >= 0.6 is 0 Å². The third kappa shape index (κ3) is 3.42. The molecular weight excluding hydrogens is 395 g/mol. The monoisotopic (exact) mass is 412 g/mol. The maximum Gasteiger partial charge on any atom is 0.247 e. The van der Waals surface area contributed by atoms with E-state index in [4.69, 9.17) is 4.98 Å². The summed E-state index contributed by atoms with van der Waals surface area (Å²) in [5.41, 5.74) is 2.69. The summed E-state index contributed by atoms with van der Waals surface area (Å²) in [5.74, 6) is 0.260. The maximum atomic E-state index is 13.5. The molecule has 0 bridgehead atoms. The standard InChI is InChI=1S/C19H17FN6O2S/c1-25(2)17-18-24-15(12-4-6-13(20)7-5-12)16(26(18)11-10-21-17)14-8-9-22-19(23-14)29(3,27)28/h4-11H,1-3H3. The van der Waals surface area contributed by atoms with Crippen molar-refractivity contribution < 1.29 is 12.8 Å². The van der Waals surface area contributed by atoms with E-state index >= 15 is 0 Å². The van der Waals surface area contributed by atoms with Crippen molar-refractivity contribution in [2.45, 2.75) is 5.16 Å². The Balaban J connectivity index is 2.07. The van der Waals surface area contributed by atoms with Gasteiger partial charge in [0.05, 0.1) is 17.1 Å². The van der Waals surface area contributed by atoms with Crippen molar-refractivity contribution in [1.29, 1.82) is 0 Å². The van der Waals surface area contributed by atoms with E-state index in [1.807, 2.05) is 19.0 Å². The van der Waals surface area contributed by atoms with Gasteiger partial charge >= 0.3 is 0 Å². The van der Waals surface area contributed by atoms with Crippen LogP contribution in [0.2, 0.25) is 0 Å². The summed E-state index contributed by atoms with van der Waals surface area (Å²) in [6.45, 7) is 0. The lowest BCUT2D eigenvalue weighted by atomic mass is 10.1. The molecule has 3 aromatic heterocycles. The smallest absolute Gasteiger partial charge is 0.247 e. The highest BCUT2D eigenvalue weighted by Gasteiger charge is 2.22. The second-order valence-corrected chi connectivity index (χ2v) is 8.56. The molecule has 4 rings (SSSR count). The summed E-state index contributed by atoms with van der Waals surface area (Å²) >= 11 is 0. The number of rotatable bonds is 4. The van der Waals surface area contributed by atoms with Gasteiger partial charge in [-0.25, -0.2) is 32.7 Å². The number of benzene rings is 1. The minimum atomic E-state index is -3.60. The van der Waals surface area contributed by atoms with Gasteiger partial charge < -0.3 is 4.90 Å². The van der Waals surface area contributed by atoms with Crippen LogP contribution in [0.3, 0.4) is 0 Å². The Morgan fingerprint density at radius 3 is 2.38 bits per heavy atom. The van der Waals surface area contributed by atoms with Crippen molar-refractivity contribution >= 4 is 21.3 Å². The van der Waals surface area contributed by atoms with E-state index in [-0.39, 0.29) is 11.0 Å². The number of imidazole rings is 1. The molecule has 29 heavy (non-hydrogen) atoms. The molecule has 0 saturated heterocycles. The van der Waals surface area contributed by atoms with E-state index in [0.29, 0.717) is 34.1 Å². The first-order chi connectivity index (χ1) is 13.8. The summed E-state index contributed by atoms with van der Waals surface area (Å²) < 4.78 is 39.1. The van der Waals surface area contributed by atoms with Gasteiger partial charge in [0.1, 0.15) is 5.82 Å². The molecule has 0 radical (unpaired) electrons. The Bertz CT molecular complexity index is 1320. The fraction of sp³-hybridized carbons (Fsp3) is 0.158. The molecule has 0 amide bonds. The van der Waals surface area contributed by atoms with Crippen LogP contribution in [0.1, 0.15) is 0 Å². The molecule has 8 nitrogen and oxygen atoms in total. The summed E-state index contributed by atoms with van der Waals surface area (Å²) in [6.07, 6.45) is 5.79. The van der Waals surface area contributed by atoms with Crippen molar-refractivity contribution in [3.8, 4) is 22.6 Å². The van der Waals surface area contributed by atoms with Gasteiger partial charge in [-0.1, -0.05) is 0 Å². The summed E-state index contributed by atoms with van der Waals surface area (Å²) in [7, 11) is 0.0994. The molecule has 0 spiro atoms. The molecule has 1 aromatic carbocycles. The fourth-order valence-electron chi connectivity index (χ4n) is 2.98. The summed E-state index contributed by atoms with van der Waals surface area (Å²) in [6, 6.07) is 7.53. The average Bonchev–Trinajstić information content (AvgIpc) is 3.07. The number of fused-ring (bicyclic) bond motifs is 1. The van der Waals surface area contributed by atoms with E-state index in [9.17, 15) is 12.8 Å². The highest BCUT2D eigenvalue weighted by molar-refractivity contribution is 7.90. The molecule has 10 heteroatoms.